The molecule has 0 radical (unpaired) electrons. The summed E-state index contributed by atoms with van der Waals surface area (Å²) in [5.74, 6) is -0.345. The molecule has 74 valence electrons. The van der Waals surface area contributed by atoms with Crippen LogP contribution >= 0.6 is 24.8 Å². The van der Waals surface area contributed by atoms with E-state index >= 15 is 0 Å². The monoisotopic (exact) mass is 221 g/mol. The highest BCUT2D eigenvalue weighted by molar-refractivity contribution is 5.94. The fourth-order valence-electron chi connectivity index (χ4n) is 1.07. The molecule has 0 atom stereocenters. The van der Waals surface area contributed by atoms with Gasteiger partial charge in [-0.2, -0.15) is 0 Å². The van der Waals surface area contributed by atoms with Gasteiger partial charge in [-0.25, -0.2) is 0 Å². The van der Waals surface area contributed by atoms with Gasteiger partial charge in [-0.05, 0) is 18.1 Å². The third-order valence-corrected chi connectivity index (χ3v) is 1.66. The van der Waals surface area contributed by atoms with Crippen LogP contribution in [0.15, 0.2) is 24.3 Å². The number of carbonyl (C=O) groups excluding carboxylic acids is 1. The Balaban J connectivity index is 0. The van der Waals surface area contributed by atoms with E-state index in [9.17, 15) is 4.79 Å². The number of aryl methyl sites for hydroxylation is 1. The zero-order valence-electron chi connectivity index (χ0n) is 7.32. The summed E-state index contributed by atoms with van der Waals surface area (Å²) in [7, 11) is 0. The molecule has 0 aliphatic carbocycles. The van der Waals surface area contributed by atoms with Crippen molar-refractivity contribution >= 4 is 30.7 Å². The predicted octanol–water partition coefficient (Wildman–Crippen LogP) is 2.19. The van der Waals surface area contributed by atoms with Crippen LogP contribution in [0.2, 0.25) is 0 Å². The minimum atomic E-state index is -0.345. The van der Waals surface area contributed by atoms with Gasteiger partial charge in [-0.1, -0.05) is 25.1 Å². The first-order valence-corrected chi connectivity index (χ1v) is 3.63. The van der Waals surface area contributed by atoms with Crippen molar-refractivity contribution in [1.29, 1.82) is 0 Å². The van der Waals surface area contributed by atoms with Crippen molar-refractivity contribution in [2.45, 2.75) is 13.3 Å². The lowest BCUT2D eigenvalue weighted by atomic mass is 10.1. The highest BCUT2D eigenvalue weighted by atomic mass is 35.5. The summed E-state index contributed by atoms with van der Waals surface area (Å²) in [5, 5.41) is 0. The minimum absolute atomic E-state index is 0. The van der Waals surface area contributed by atoms with Gasteiger partial charge >= 0.3 is 0 Å². The molecule has 1 rings (SSSR count). The molecule has 1 aromatic carbocycles. The summed E-state index contributed by atoms with van der Waals surface area (Å²) >= 11 is 0. The van der Waals surface area contributed by atoms with Gasteiger partial charge in [0.1, 0.15) is 0 Å². The van der Waals surface area contributed by atoms with Crippen molar-refractivity contribution in [3.05, 3.63) is 35.4 Å². The van der Waals surface area contributed by atoms with Crippen LogP contribution in [-0.2, 0) is 6.42 Å². The number of halogens is 2. The molecule has 0 aliphatic heterocycles. The first-order chi connectivity index (χ1) is 5.25. The first-order valence-electron chi connectivity index (χ1n) is 3.63. The van der Waals surface area contributed by atoms with Crippen LogP contribution in [-0.4, -0.2) is 5.91 Å². The fraction of sp³-hybridized carbons (Fsp3) is 0.222. The maximum Gasteiger partial charge on any atom is 0.248 e. The summed E-state index contributed by atoms with van der Waals surface area (Å²) in [4.78, 5) is 10.8. The van der Waals surface area contributed by atoms with Crippen LogP contribution in [0.5, 0.6) is 0 Å². The maximum atomic E-state index is 10.8. The average Bonchev–Trinajstić information content (AvgIpc) is 2.04. The minimum Gasteiger partial charge on any atom is -0.366 e. The lowest BCUT2D eigenvalue weighted by molar-refractivity contribution is 0.0999. The average molecular weight is 222 g/mol. The summed E-state index contributed by atoms with van der Waals surface area (Å²) in [6.45, 7) is 2.00. The Kier molecular flexibility index (Phi) is 7.67. The molecule has 1 aromatic rings. The molecule has 0 heterocycles. The molecule has 2 N–H and O–H groups in total. The quantitative estimate of drug-likeness (QED) is 0.818. The molecule has 1 amide bonds. The van der Waals surface area contributed by atoms with E-state index in [0.717, 1.165) is 12.0 Å². The van der Waals surface area contributed by atoms with Crippen LogP contribution in [0.4, 0.5) is 0 Å². The lowest BCUT2D eigenvalue weighted by Crippen LogP contribution is -2.13. The second-order valence-corrected chi connectivity index (χ2v) is 2.37. The summed E-state index contributed by atoms with van der Waals surface area (Å²) < 4.78 is 0. The van der Waals surface area contributed by atoms with Crippen molar-refractivity contribution < 1.29 is 4.79 Å². The molecule has 0 spiro atoms. The van der Waals surface area contributed by atoms with E-state index in [-0.39, 0.29) is 30.7 Å². The van der Waals surface area contributed by atoms with Gasteiger partial charge in [0.2, 0.25) is 5.91 Å². The Bertz CT molecular complexity index is 276. The number of amides is 1. The number of carbonyl (C=O) groups is 1. The molecule has 13 heavy (non-hydrogen) atoms. The van der Waals surface area contributed by atoms with Gasteiger partial charge in [0.25, 0.3) is 0 Å². The van der Waals surface area contributed by atoms with Crippen LogP contribution < -0.4 is 5.73 Å². The molecular weight excluding hydrogens is 209 g/mol. The van der Waals surface area contributed by atoms with Crippen LogP contribution in [0.1, 0.15) is 22.8 Å². The molecule has 0 aliphatic rings. The topological polar surface area (TPSA) is 43.1 Å². The van der Waals surface area contributed by atoms with Crippen molar-refractivity contribution in [3.63, 3.8) is 0 Å². The molecule has 0 saturated carbocycles. The number of hydrogen-bond donors (Lipinski definition) is 1. The third-order valence-electron chi connectivity index (χ3n) is 1.66. The Hall–Kier alpha value is -0.730. The Morgan fingerprint density at radius 1 is 1.31 bits per heavy atom. The second-order valence-electron chi connectivity index (χ2n) is 2.37. The fourth-order valence-corrected chi connectivity index (χ4v) is 1.07. The third kappa shape index (κ3) is 3.66. The zero-order valence-corrected chi connectivity index (χ0v) is 8.95. The normalized spacial score (nSPS) is 8.08. The number of rotatable bonds is 2. The number of benzene rings is 1. The highest BCUT2D eigenvalue weighted by Gasteiger charge is 2.03. The molecule has 4 heteroatoms. The SMILES string of the molecule is CCc1ccccc1C(N)=O.Cl.Cl. The molecule has 0 bridgehead atoms. The smallest absolute Gasteiger partial charge is 0.248 e. The van der Waals surface area contributed by atoms with Crippen LogP contribution in [0, 0.1) is 0 Å². The van der Waals surface area contributed by atoms with Gasteiger partial charge in [0.05, 0.1) is 0 Å². The predicted molar refractivity (Wildman–Crippen MR) is 58.8 cm³/mol. The second kappa shape index (κ2) is 6.75. The summed E-state index contributed by atoms with van der Waals surface area (Å²) in [6, 6.07) is 7.39. The zero-order chi connectivity index (χ0) is 8.27. The van der Waals surface area contributed by atoms with Crippen LogP contribution in [0.3, 0.4) is 0 Å². The van der Waals surface area contributed by atoms with Gasteiger partial charge in [-0.15, -0.1) is 24.8 Å². The molecule has 0 fully saturated rings. The van der Waals surface area contributed by atoms with Crippen molar-refractivity contribution in [1.82, 2.24) is 0 Å². The Morgan fingerprint density at radius 2 is 1.85 bits per heavy atom. The largest absolute Gasteiger partial charge is 0.366 e. The molecule has 2 nitrogen and oxygen atoms in total. The van der Waals surface area contributed by atoms with E-state index in [0.29, 0.717) is 5.56 Å². The Labute approximate surface area is 90.3 Å². The van der Waals surface area contributed by atoms with Crippen molar-refractivity contribution in [2.75, 3.05) is 0 Å². The standard InChI is InChI=1S/C9H11NO.2ClH/c1-2-7-5-3-4-6-8(7)9(10)11;;/h3-6H,2H2,1H3,(H2,10,11);2*1H. The van der Waals surface area contributed by atoms with Gasteiger partial charge in [-0.3, -0.25) is 4.79 Å². The number of primary amides is 1. The summed E-state index contributed by atoms with van der Waals surface area (Å²) in [5.41, 5.74) is 6.80. The Morgan fingerprint density at radius 3 is 2.23 bits per heavy atom. The van der Waals surface area contributed by atoms with Gasteiger partial charge in [0.15, 0.2) is 0 Å². The van der Waals surface area contributed by atoms with Crippen molar-refractivity contribution in [2.24, 2.45) is 5.73 Å². The van der Waals surface area contributed by atoms with E-state index < -0.39 is 0 Å². The molecule has 0 saturated heterocycles. The lowest BCUT2D eigenvalue weighted by Gasteiger charge is -2.01. The molecule has 0 aromatic heterocycles. The van der Waals surface area contributed by atoms with E-state index in [2.05, 4.69) is 0 Å². The highest BCUT2D eigenvalue weighted by Crippen LogP contribution is 2.07. The molecular formula is C9H13Cl2NO. The van der Waals surface area contributed by atoms with Crippen molar-refractivity contribution in [3.8, 4) is 0 Å². The first kappa shape index (κ1) is 14.8. The van der Waals surface area contributed by atoms with Gasteiger partial charge < -0.3 is 5.73 Å². The molecule has 0 unspecified atom stereocenters. The van der Waals surface area contributed by atoms with E-state index in [4.69, 9.17) is 5.73 Å². The van der Waals surface area contributed by atoms with Crippen LogP contribution in [0.25, 0.3) is 0 Å². The van der Waals surface area contributed by atoms with E-state index in [1.165, 1.54) is 0 Å². The van der Waals surface area contributed by atoms with E-state index in [1.807, 2.05) is 25.1 Å². The summed E-state index contributed by atoms with van der Waals surface area (Å²) in [6.07, 6.45) is 0.846. The van der Waals surface area contributed by atoms with E-state index in [1.54, 1.807) is 6.07 Å². The maximum absolute atomic E-state index is 10.8. The number of nitrogens with two attached hydrogens (primary N) is 1. The number of hydrogen-bond acceptors (Lipinski definition) is 1. The van der Waals surface area contributed by atoms with Gasteiger partial charge in [0, 0.05) is 5.56 Å².